The lowest BCUT2D eigenvalue weighted by molar-refractivity contribution is 0.713. The molecule has 0 bridgehead atoms. The molecule has 0 spiro atoms. The summed E-state index contributed by atoms with van der Waals surface area (Å²) >= 11 is 0. The number of hydrogen-bond donors (Lipinski definition) is 1. The van der Waals surface area contributed by atoms with Crippen LogP contribution >= 0.6 is 0 Å². The first-order valence-corrected chi connectivity index (χ1v) is 4.55. The van der Waals surface area contributed by atoms with Crippen molar-refractivity contribution in [3.05, 3.63) is 34.9 Å². The molecule has 0 fully saturated rings. The van der Waals surface area contributed by atoms with E-state index in [1.807, 2.05) is 6.07 Å². The van der Waals surface area contributed by atoms with Gasteiger partial charge < -0.3 is 5.73 Å². The Kier molecular flexibility index (Phi) is 2.03. The maximum Gasteiger partial charge on any atom is 0.0669 e. The quantitative estimate of drug-likeness (QED) is 0.700. The summed E-state index contributed by atoms with van der Waals surface area (Å²) < 4.78 is 0. The molecule has 2 rings (SSSR count). The number of nitriles is 1. The van der Waals surface area contributed by atoms with Gasteiger partial charge in [-0.3, -0.25) is 0 Å². The molecule has 0 saturated heterocycles. The van der Waals surface area contributed by atoms with Crippen LogP contribution in [0.4, 0.5) is 0 Å². The van der Waals surface area contributed by atoms with Gasteiger partial charge in [-0.05, 0) is 29.5 Å². The molecule has 0 amide bonds. The van der Waals surface area contributed by atoms with Gasteiger partial charge in [0.05, 0.1) is 12.5 Å². The monoisotopic (exact) mass is 172 g/mol. The Morgan fingerprint density at radius 3 is 3.15 bits per heavy atom. The van der Waals surface area contributed by atoms with Gasteiger partial charge in [-0.1, -0.05) is 18.2 Å². The molecule has 0 saturated carbocycles. The van der Waals surface area contributed by atoms with Gasteiger partial charge in [-0.15, -0.1) is 0 Å². The topological polar surface area (TPSA) is 49.8 Å². The van der Waals surface area contributed by atoms with Crippen molar-refractivity contribution in [1.29, 1.82) is 5.26 Å². The Morgan fingerprint density at radius 1 is 1.54 bits per heavy atom. The molecule has 0 heterocycles. The molecule has 13 heavy (non-hydrogen) atoms. The number of benzene rings is 1. The molecule has 2 N–H and O–H groups in total. The minimum absolute atomic E-state index is 0.189. The number of hydrogen-bond acceptors (Lipinski definition) is 2. The zero-order chi connectivity index (χ0) is 9.26. The SMILES string of the molecule is N#CCc1ccc2c(c1)C(N)CC2. The molecule has 1 atom stereocenters. The van der Waals surface area contributed by atoms with Gasteiger partial charge in [-0.25, -0.2) is 0 Å². The average molecular weight is 172 g/mol. The summed E-state index contributed by atoms with van der Waals surface area (Å²) in [6.45, 7) is 0. The molecule has 2 nitrogen and oxygen atoms in total. The highest BCUT2D eigenvalue weighted by Gasteiger charge is 2.18. The second kappa shape index (κ2) is 3.20. The molecule has 0 aliphatic heterocycles. The van der Waals surface area contributed by atoms with Crippen molar-refractivity contribution < 1.29 is 0 Å². The van der Waals surface area contributed by atoms with Crippen molar-refractivity contribution in [1.82, 2.24) is 0 Å². The maximum absolute atomic E-state index is 8.55. The number of aryl methyl sites for hydroxylation is 1. The summed E-state index contributed by atoms with van der Waals surface area (Å²) in [6.07, 6.45) is 2.62. The summed E-state index contributed by atoms with van der Waals surface area (Å²) in [7, 11) is 0. The van der Waals surface area contributed by atoms with Crippen LogP contribution in [0.1, 0.15) is 29.2 Å². The first kappa shape index (κ1) is 8.28. The molecule has 0 radical (unpaired) electrons. The highest BCUT2D eigenvalue weighted by molar-refractivity contribution is 5.38. The zero-order valence-electron chi connectivity index (χ0n) is 7.46. The predicted molar refractivity (Wildman–Crippen MR) is 51.0 cm³/mol. The summed E-state index contributed by atoms with van der Waals surface area (Å²) in [5, 5.41) is 8.55. The largest absolute Gasteiger partial charge is 0.324 e. The van der Waals surface area contributed by atoms with Crippen LogP contribution < -0.4 is 5.73 Å². The second-order valence-corrected chi connectivity index (χ2v) is 3.51. The van der Waals surface area contributed by atoms with Crippen LogP contribution in [0.5, 0.6) is 0 Å². The van der Waals surface area contributed by atoms with Gasteiger partial charge in [0, 0.05) is 6.04 Å². The Labute approximate surface area is 78.0 Å². The Hall–Kier alpha value is -1.33. The molecular formula is C11H12N2. The third kappa shape index (κ3) is 1.43. The predicted octanol–water partition coefficient (Wildman–Crippen LogP) is 1.70. The third-order valence-electron chi connectivity index (χ3n) is 2.62. The second-order valence-electron chi connectivity index (χ2n) is 3.51. The van der Waals surface area contributed by atoms with Crippen molar-refractivity contribution in [2.24, 2.45) is 5.73 Å². The first-order chi connectivity index (χ1) is 6.31. The van der Waals surface area contributed by atoms with Gasteiger partial charge in [0.1, 0.15) is 0 Å². The van der Waals surface area contributed by atoms with E-state index in [9.17, 15) is 0 Å². The Balaban J connectivity index is 2.37. The first-order valence-electron chi connectivity index (χ1n) is 4.55. The van der Waals surface area contributed by atoms with E-state index < -0.39 is 0 Å². The molecule has 0 aromatic heterocycles. The van der Waals surface area contributed by atoms with E-state index in [1.165, 1.54) is 11.1 Å². The summed E-state index contributed by atoms with van der Waals surface area (Å²) in [4.78, 5) is 0. The molecule has 1 aliphatic rings. The van der Waals surface area contributed by atoms with Crippen LogP contribution in [0.15, 0.2) is 18.2 Å². The van der Waals surface area contributed by atoms with Gasteiger partial charge in [-0.2, -0.15) is 5.26 Å². The highest BCUT2D eigenvalue weighted by atomic mass is 14.6. The summed E-state index contributed by atoms with van der Waals surface area (Å²) in [5.74, 6) is 0. The molecule has 1 aliphatic carbocycles. The van der Waals surface area contributed by atoms with E-state index in [4.69, 9.17) is 11.0 Å². The lowest BCUT2D eigenvalue weighted by Gasteiger charge is -2.05. The van der Waals surface area contributed by atoms with Crippen LogP contribution in [0.2, 0.25) is 0 Å². The van der Waals surface area contributed by atoms with Gasteiger partial charge in [0.2, 0.25) is 0 Å². The lowest BCUT2D eigenvalue weighted by Crippen LogP contribution is -2.05. The van der Waals surface area contributed by atoms with Crippen LogP contribution in [0.3, 0.4) is 0 Å². The van der Waals surface area contributed by atoms with Crippen molar-refractivity contribution >= 4 is 0 Å². The van der Waals surface area contributed by atoms with Gasteiger partial charge >= 0.3 is 0 Å². The van der Waals surface area contributed by atoms with E-state index in [0.717, 1.165) is 18.4 Å². The smallest absolute Gasteiger partial charge is 0.0669 e. The van der Waals surface area contributed by atoms with Crippen LogP contribution in [0.25, 0.3) is 0 Å². The Bertz CT molecular complexity index is 363. The number of nitrogens with zero attached hydrogens (tertiary/aromatic N) is 1. The summed E-state index contributed by atoms with van der Waals surface area (Å²) in [6, 6.07) is 8.55. The number of nitrogens with two attached hydrogens (primary N) is 1. The van der Waals surface area contributed by atoms with Crippen molar-refractivity contribution in [3.63, 3.8) is 0 Å². The maximum atomic E-state index is 8.55. The molecule has 1 aromatic carbocycles. The van der Waals surface area contributed by atoms with E-state index in [0.29, 0.717) is 6.42 Å². The zero-order valence-corrected chi connectivity index (χ0v) is 7.46. The molecule has 66 valence electrons. The molecule has 1 unspecified atom stereocenters. The van der Waals surface area contributed by atoms with Crippen LogP contribution in [-0.2, 0) is 12.8 Å². The normalized spacial score (nSPS) is 19.5. The minimum atomic E-state index is 0.189. The van der Waals surface area contributed by atoms with Crippen molar-refractivity contribution in [2.75, 3.05) is 0 Å². The third-order valence-corrected chi connectivity index (χ3v) is 2.62. The number of rotatable bonds is 1. The fourth-order valence-electron chi connectivity index (χ4n) is 1.88. The van der Waals surface area contributed by atoms with E-state index >= 15 is 0 Å². The summed E-state index contributed by atoms with van der Waals surface area (Å²) in [5.41, 5.74) is 9.61. The number of fused-ring (bicyclic) bond motifs is 1. The fourth-order valence-corrected chi connectivity index (χ4v) is 1.88. The Morgan fingerprint density at radius 2 is 2.38 bits per heavy atom. The fraction of sp³-hybridized carbons (Fsp3) is 0.364. The standard InChI is InChI=1S/C11H12N2/c12-6-5-8-1-2-9-3-4-11(13)10(9)7-8/h1-2,7,11H,3-5,13H2. The average Bonchev–Trinajstić information content (AvgIpc) is 2.49. The van der Waals surface area contributed by atoms with Crippen molar-refractivity contribution in [3.8, 4) is 6.07 Å². The van der Waals surface area contributed by atoms with Gasteiger partial charge in [0.25, 0.3) is 0 Å². The van der Waals surface area contributed by atoms with E-state index in [1.54, 1.807) is 0 Å². The van der Waals surface area contributed by atoms with Gasteiger partial charge in [0.15, 0.2) is 0 Å². The van der Waals surface area contributed by atoms with Crippen molar-refractivity contribution in [2.45, 2.75) is 25.3 Å². The van der Waals surface area contributed by atoms with E-state index in [-0.39, 0.29) is 6.04 Å². The highest BCUT2D eigenvalue weighted by Crippen LogP contribution is 2.29. The van der Waals surface area contributed by atoms with Crippen LogP contribution in [-0.4, -0.2) is 0 Å². The van der Waals surface area contributed by atoms with Crippen LogP contribution in [0, 0.1) is 11.3 Å². The molecule has 2 heteroatoms. The molecular weight excluding hydrogens is 160 g/mol. The minimum Gasteiger partial charge on any atom is -0.324 e. The lowest BCUT2D eigenvalue weighted by atomic mass is 10.0. The molecule has 1 aromatic rings. The van der Waals surface area contributed by atoms with E-state index in [2.05, 4.69) is 18.2 Å².